The molecule has 6 nitrogen and oxygen atoms in total. The number of nitrogens with zero attached hydrogens (tertiary/aromatic N) is 1. The van der Waals surface area contributed by atoms with Crippen LogP contribution in [0.5, 0.6) is 0 Å². The molecule has 3 rings (SSSR count). The molecule has 2 aliphatic rings. The van der Waals surface area contributed by atoms with Gasteiger partial charge in [-0.2, -0.15) is 0 Å². The highest BCUT2D eigenvalue weighted by molar-refractivity contribution is 5.95. The first-order valence-electron chi connectivity index (χ1n) is 9.11. The van der Waals surface area contributed by atoms with Crippen molar-refractivity contribution in [1.82, 2.24) is 4.90 Å². The summed E-state index contributed by atoms with van der Waals surface area (Å²) in [6, 6.07) is 3.14. The Labute approximate surface area is 155 Å². The Balaban J connectivity index is 1.53. The fraction of sp³-hybridized carbons (Fsp3) is 0.526. The normalized spacial score (nSPS) is 21.4. The van der Waals surface area contributed by atoms with Crippen LogP contribution in [0.1, 0.15) is 39.0 Å². The van der Waals surface area contributed by atoms with Crippen molar-refractivity contribution < 1.29 is 27.9 Å². The van der Waals surface area contributed by atoms with Crippen molar-refractivity contribution in [2.24, 2.45) is 5.92 Å². The van der Waals surface area contributed by atoms with Crippen LogP contribution in [0, 0.1) is 17.6 Å². The van der Waals surface area contributed by atoms with Crippen molar-refractivity contribution in [1.29, 1.82) is 0 Å². The number of nitrogens with one attached hydrogen (secondary N) is 1. The summed E-state index contributed by atoms with van der Waals surface area (Å²) in [5, 5.41) is 2.37. The second kappa shape index (κ2) is 8.02. The molecule has 1 aliphatic carbocycles. The lowest BCUT2D eigenvalue weighted by Crippen LogP contribution is -2.36. The van der Waals surface area contributed by atoms with Crippen LogP contribution in [0.3, 0.4) is 0 Å². The van der Waals surface area contributed by atoms with Crippen molar-refractivity contribution in [2.75, 3.05) is 11.9 Å². The highest BCUT2D eigenvalue weighted by Crippen LogP contribution is 2.30. The largest absolute Gasteiger partial charge is 0.452 e. The van der Waals surface area contributed by atoms with E-state index >= 15 is 0 Å². The molecule has 2 amide bonds. The molecule has 0 radical (unpaired) electrons. The van der Waals surface area contributed by atoms with Gasteiger partial charge in [-0.15, -0.1) is 0 Å². The van der Waals surface area contributed by atoms with Gasteiger partial charge in [-0.1, -0.05) is 12.8 Å². The predicted molar refractivity (Wildman–Crippen MR) is 92.6 cm³/mol. The maximum Gasteiger partial charge on any atom is 0.312 e. The number of halogens is 2. The molecule has 1 saturated heterocycles. The molecule has 8 heteroatoms. The Kier molecular flexibility index (Phi) is 5.72. The molecule has 1 aliphatic heterocycles. The van der Waals surface area contributed by atoms with Gasteiger partial charge in [-0.05, 0) is 31.9 Å². The first-order chi connectivity index (χ1) is 12.8. The third-order valence-corrected chi connectivity index (χ3v) is 5.11. The Morgan fingerprint density at radius 3 is 2.59 bits per heavy atom. The number of carbonyl (C=O) groups is 3. The van der Waals surface area contributed by atoms with Crippen LogP contribution in [0.4, 0.5) is 14.5 Å². The van der Waals surface area contributed by atoms with Gasteiger partial charge >= 0.3 is 5.97 Å². The molecule has 0 aromatic heterocycles. The zero-order valence-corrected chi connectivity index (χ0v) is 15.0. The average Bonchev–Trinajstić information content (AvgIpc) is 3.27. The van der Waals surface area contributed by atoms with E-state index in [1.54, 1.807) is 4.90 Å². The number of hydrogen-bond acceptors (Lipinski definition) is 4. The monoisotopic (exact) mass is 380 g/mol. The fourth-order valence-electron chi connectivity index (χ4n) is 3.60. The summed E-state index contributed by atoms with van der Waals surface area (Å²) in [7, 11) is 0. The molecule has 27 heavy (non-hydrogen) atoms. The second-order valence-corrected chi connectivity index (χ2v) is 7.08. The van der Waals surface area contributed by atoms with Crippen LogP contribution >= 0.6 is 0 Å². The van der Waals surface area contributed by atoms with Crippen LogP contribution in [-0.4, -0.2) is 41.4 Å². The zero-order valence-electron chi connectivity index (χ0n) is 15.0. The number of esters is 1. The van der Waals surface area contributed by atoms with Crippen molar-refractivity contribution >= 4 is 23.5 Å². The molecular formula is C19H22F2N2O4. The Morgan fingerprint density at radius 2 is 1.93 bits per heavy atom. The van der Waals surface area contributed by atoms with Crippen molar-refractivity contribution in [3.05, 3.63) is 29.8 Å². The van der Waals surface area contributed by atoms with Gasteiger partial charge in [0, 0.05) is 30.8 Å². The number of ether oxygens (including phenoxy) is 1. The average molecular weight is 380 g/mol. The highest BCUT2D eigenvalue weighted by Gasteiger charge is 2.40. The molecule has 146 valence electrons. The lowest BCUT2D eigenvalue weighted by molar-refractivity contribution is -0.157. The van der Waals surface area contributed by atoms with E-state index in [4.69, 9.17) is 4.74 Å². The quantitative estimate of drug-likeness (QED) is 0.797. The Hall–Kier alpha value is -2.51. The van der Waals surface area contributed by atoms with E-state index in [-0.39, 0.29) is 24.1 Å². The van der Waals surface area contributed by atoms with Crippen LogP contribution < -0.4 is 5.32 Å². The van der Waals surface area contributed by atoms with Crippen LogP contribution in [0.25, 0.3) is 0 Å². The molecular weight excluding hydrogens is 358 g/mol. The molecule has 0 unspecified atom stereocenters. The maximum atomic E-state index is 13.2. The van der Waals surface area contributed by atoms with E-state index < -0.39 is 35.5 Å². The molecule has 1 aromatic rings. The summed E-state index contributed by atoms with van der Waals surface area (Å²) in [5.74, 6) is -4.01. The van der Waals surface area contributed by atoms with Crippen LogP contribution in [-0.2, 0) is 19.1 Å². The molecule has 1 saturated carbocycles. The van der Waals surface area contributed by atoms with Gasteiger partial charge in [0.25, 0.3) is 5.91 Å². The van der Waals surface area contributed by atoms with Crippen molar-refractivity contribution in [3.63, 3.8) is 0 Å². The SMILES string of the molecule is C[C@H](OC(=O)[C@H]1CC(=O)N(C2CCCC2)C1)C(=O)Nc1ccc(F)c(F)c1. The summed E-state index contributed by atoms with van der Waals surface area (Å²) in [5.41, 5.74) is 0.0604. The minimum absolute atomic E-state index is 0.0530. The van der Waals surface area contributed by atoms with Crippen molar-refractivity contribution in [3.8, 4) is 0 Å². The number of carbonyl (C=O) groups excluding carboxylic acids is 3. The van der Waals surface area contributed by atoms with Gasteiger partial charge in [0.05, 0.1) is 5.92 Å². The number of amides is 2. The minimum atomic E-state index is -1.12. The van der Waals surface area contributed by atoms with Crippen molar-refractivity contribution in [2.45, 2.75) is 51.2 Å². The Bertz CT molecular complexity index is 749. The first-order valence-corrected chi connectivity index (χ1v) is 9.11. The molecule has 1 heterocycles. The fourth-order valence-corrected chi connectivity index (χ4v) is 3.60. The summed E-state index contributed by atoms with van der Waals surface area (Å²) in [6.45, 7) is 1.71. The van der Waals surface area contributed by atoms with E-state index in [2.05, 4.69) is 5.32 Å². The molecule has 1 aromatic carbocycles. The van der Waals surface area contributed by atoms with Gasteiger partial charge in [0.1, 0.15) is 0 Å². The highest BCUT2D eigenvalue weighted by atomic mass is 19.2. The summed E-state index contributed by atoms with van der Waals surface area (Å²) in [4.78, 5) is 38.4. The molecule has 2 fully saturated rings. The van der Waals surface area contributed by atoms with E-state index in [1.807, 2.05) is 0 Å². The van der Waals surface area contributed by atoms with Gasteiger partial charge in [-0.3, -0.25) is 14.4 Å². The zero-order chi connectivity index (χ0) is 19.6. The molecule has 2 atom stereocenters. The number of likely N-dealkylation sites (tertiary alicyclic amines) is 1. The van der Waals surface area contributed by atoms with Crippen LogP contribution in [0.15, 0.2) is 18.2 Å². The smallest absolute Gasteiger partial charge is 0.312 e. The minimum Gasteiger partial charge on any atom is -0.452 e. The standard InChI is InChI=1S/C19H22F2N2O4/c1-11(18(25)22-13-6-7-15(20)16(21)9-13)27-19(26)12-8-17(24)23(10-12)14-4-2-3-5-14/h6-7,9,11-12,14H,2-5,8,10H2,1H3,(H,22,25)/t11-,12-/m0/s1. The number of rotatable bonds is 5. The van der Waals surface area contributed by atoms with E-state index in [0.717, 1.165) is 37.8 Å². The predicted octanol–water partition coefficient (Wildman–Crippen LogP) is 2.63. The Morgan fingerprint density at radius 1 is 1.22 bits per heavy atom. The molecule has 0 bridgehead atoms. The summed E-state index contributed by atoms with van der Waals surface area (Å²) >= 11 is 0. The van der Waals surface area contributed by atoms with Gasteiger partial charge in [-0.25, -0.2) is 8.78 Å². The third-order valence-electron chi connectivity index (χ3n) is 5.11. The summed E-state index contributed by atoms with van der Waals surface area (Å²) in [6.07, 6.45) is 3.06. The number of anilines is 1. The van der Waals surface area contributed by atoms with Gasteiger partial charge in [0.2, 0.25) is 5.91 Å². The molecule has 0 spiro atoms. The van der Waals surface area contributed by atoms with Gasteiger partial charge < -0.3 is 15.0 Å². The lowest BCUT2D eigenvalue weighted by Gasteiger charge is -2.24. The van der Waals surface area contributed by atoms with E-state index in [9.17, 15) is 23.2 Å². The molecule has 1 N–H and O–H groups in total. The van der Waals surface area contributed by atoms with E-state index in [0.29, 0.717) is 6.54 Å². The summed E-state index contributed by atoms with van der Waals surface area (Å²) < 4.78 is 31.3. The van der Waals surface area contributed by atoms with Crippen LogP contribution in [0.2, 0.25) is 0 Å². The lowest BCUT2D eigenvalue weighted by atomic mass is 10.1. The van der Waals surface area contributed by atoms with E-state index in [1.165, 1.54) is 13.0 Å². The topological polar surface area (TPSA) is 75.7 Å². The third kappa shape index (κ3) is 4.43. The van der Waals surface area contributed by atoms with Gasteiger partial charge in [0.15, 0.2) is 17.7 Å². The first kappa shape index (κ1) is 19.3. The maximum absolute atomic E-state index is 13.2. The second-order valence-electron chi connectivity index (χ2n) is 7.08. The number of benzene rings is 1. The number of hydrogen-bond donors (Lipinski definition) is 1.